The Labute approximate surface area is 148 Å². The van der Waals surface area contributed by atoms with Gasteiger partial charge in [0, 0.05) is 25.4 Å². The number of rotatable bonds is 5. The van der Waals surface area contributed by atoms with E-state index < -0.39 is 0 Å². The molecule has 5 nitrogen and oxygen atoms in total. The van der Waals surface area contributed by atoms with E-state index in [-0.39, 0.29) is 18.6 Å². The number of hydrogen-bond acceptors (Lipinski definition) is 3. The molecule has 2 amide bonds. The topological polar surface area (TPSA) is 61.8 Å². The molecule has 0 aromatic heterocycles. The number of piperidine rings is 1. The fraction of sp³-hybridized carbons (Fsp3) is 0.350. The minimum atomic E-state index is -0.105. The van der Waals surface area contributed by atoms with Crippen molar-refractivity contribution < 1.29 is 14.6 Å². The van der Waals surface area contributed by atoms with E-state index in [1.165, 1.54) is 0 Å². The second-order valence-corrected chi connectivity index (χ2v) is 6.37. The first-order valence-electron chi connectivity index (χ1n) is 8.68. The Morgan fingerprint density at radius 1 is 1.16 bits per heavy atom. The summed E-state index contributed by atoms with van der Waals surface area (Å²) in [5.74, 6) is 1.03. The molecule has 0 aliphatic carbocycles. The van der Waals surface area contributed by atoms with Gasteiger partial charge in [-0.2, -0.15) is 0 Å². The summed E-state index contributed by atoms with van der Waals surface area (Å²) in [5.41, 5.74) is 1.81. The maximum atomic E-state index is 12.3. The van der Waals surface area contributed by atoms with Crippen LogP contribution < -0.4 is 10.1 Å². The number of nitrogens with one attached hydrogen (secondary N) is 1. The van der Waals surface area contributed by atoms with Gasteiger partial charge in [0.05, 0.1) is 0 Å². The number of carbonyl (C=O) groups excluding carboxylic acids is 1. The van der Waals surface area contributed by atoms with Crippen LogP contribution in [0.4, 0.5) is 10.5 Å². The number of hydrogen-bond donors (Lipinski definition) is 2. The number of anilines is 1. The van der Waals surface area contributed by atoms with Crippen molar-refractivity contribution in [3.8, 4) is 5.75 Å². The van der Waals surface area contributed by atoms with Gasteiger partial charge in [0.25, 0.3) is 0 Å². The van der Waals surface area contributed by atoms with Crippen LogP contribution in [-0.2, 0) is 6.61 Å². The first-order chi connectivity index (χ1) is 12.2. The Balaban J connectivity index is 1.51. The monoisotopic (exact) mass is 340 g/mol. The highest BCUT2D eigenvalue weighted by molar-refractivity contribution is 5.89. The molecule has 0 saturated carbocycles. The van der Waals surface area contributed by atoms with Gasteiger partial charge < -0.3 is 20.1 Å². The van der Waals surface area contributed by atoms with Crippen molar-refractivity contribution in [2.24, 2.45) is 5.92 Å². The van der Waals surface area contributed by atoms with Crippen LogP contribution in [0.1, 0.15) is 18.4 Å². The van der Waals surface area contributed by atoms with Crippen LogP contribution in [0.15, 0.2) is 54.6 Å². The van der Waals surface area contributed by atoms with E-state index in [0.29, 0.717) is 13.2 Å². The van der Waals surface area contributed by atoms with Crippen molar-refractivity contribution in [1.82, 2.24) is 4.90 Å². The van der Waals surface area contributed by atoms with E-state index in [2.05, 4.69) is 5.32 Å². The molecule has 1 atom stereocenters. The zero-order valence-electron chi connectivity index (χ0n) is 14.2. The summed E-state index contributed by atoms with van der Waals surface area (Å²) in [6, 6.07) is 17.2. The summed E-state index contributed by atoms with van der Waals surface area (Å²) in [6.45, 7) is 1.99. The molecule has 0 unspecified atom stereocenters. The summed E-state index contributed by atoms with van der Waals surface area (Å²) < 4.78 is 5.71. The number of aliphatic hydroxyl groups excluding tert-OH is 1. The summed E-state index contributed by atoms with van der Waals surface area (Å²) in [5, 5.41) is 12.2. The summed E-state index contributed by atoms with van der Waals surface area (Å²) in [4.78, 5) is 14.1. The number of urea groups is 1. The molecule has 1 aliphatic rings. The SMILES string of the molecule is O=C(Nc1ccc(COc2ccccc2)cc1)N1CCC[C@@H](CO)C1. The van der Waals surface area contributed by atoms with Crippen molar-refractivity contribution in [3.63, 3.8) is 0 Å². The molecule has 2 aromatic rings. The number of ether oxygens (including phenoxy) is 1. The normalized spacial score (nSPS) is 17.2. The average molecular weight is 340 g/mol. The van der Waals surface area contributed by atoms with Crippen LogP contribution in [0.5, 0.6) is 5.75 Å². The van der Waals surface area contributed by atoms with Crippen LogP contribution in [-0.4, -0.2) is 35.7 Å². The molecule has 1 saturated heterocycles. The third kappa shape index (κ3) is 4.97. The van der Waals surface area contributed by atoms with E-state index in [1.54, 1.807) is 4.90 Å². The summed E-state index contributed by atoms with van der Waals surface area (Å²) in [6.07, 6.45) is 1.92. The maximum Gasteiger partial charge on any atom is 0.321 e. The highest BCUT2D eigenvalue weighted by Gasteiger charge is 2.23. The lowest BCUT2D eigenvalue weighted by Gasteiger charge is -2.31. The smallest absolute Gasteiger partial charge is 0.321 e. The van der Waals surface area contributed by atoms with Gasteiger partial charge in [-0.25, -0.2) is 4.79 Å². The standard InChI is InChI=1S/C20H24N2O3/c23-14-17-5-4-12-22(13-17)20(24)21-18-10-8-16(9-11-18)15-25-19-6-2-1-3-7-19/h1-3,6-11,17,23H,4-5,12-15H2,(H,21,24)/t17-/m1/s1. The minimum Gasteiger partial charge on any atom is -0.489 e. The van der Waals surface area contributed by atoms with Crippen LogP contribution in [0.3, 0.4) is 0 Å². The highest BCUT2D eigenvalue weighted by atomic mass is 16.5. The Bertz CT molecular complexity index is 673. The third-order valence-corrected chi connectivity index (χ3v) is 4.42. The van der Waals surface area contributed by atoms with Gasteiger partial charge in [-0.05, 0) is 48.6 Å². The molecule has 1 fully saturated rings. The molecule has 2 N–H and O–H groups in total. The number of carbonyl (C=O) groups is 1. The predicted molar refractivity (Wildman–Crippen MR) is 97.6 cm³/mol. The van der Waals surface area contributed by atoms with Crippen LogP contribution in [0.2, 0.25) is 0 Å². The quantitative estimate of drug-likeness (QED) is 0.876. The van der Waals surface area contributed by atoms with E-state index in [9.17, 15) is 9.90 Å². The molecule has 132 valence electrons. The fourth-order valence-electron chi connectivity index (χ4n) is 2.97. The molecule has 5 heteroatoms. The van der Waals surface area contributed by atoms with Gasteiger partial charge in [-0.15, -0.1) is 0 Å². The molecule has 3 rings (SSSR count). The largest absolute Gasteiger partial charge is 0.489 e. The van der Waals surface area contributed by atoms with Gasteiger partial charge in [0.1, 0.15) is 12.4 Å². The van der Waals surface area contributed by atoms with Crippen molar-refractivity contribution in [2.75, 3.05) is 25.0 Å². The van der Waals surface area contributed by atoms with Crippen molar-refractivity contribution in [2.45, 2.75) is 19.4 Å². The second kappa shape index (κ2) is 8.53. The number of nitrogens with zero attached hydrogens (tertiary/aromatic N) is 1. The molecule has 0 radical (unpaired) electrons. The number of benzene rings is 2. The maximum absolute atomic E-state index is 12.3. The predicted octanol–water partition coefficient (Wildman–Crippen LogP) is 3.50. The van der Waals surface area contributed by atoms with Gasteiger partial charge >= 0.3 is 6.03 Å². The molecule has 1 heterocycles. The van der Waals surface area contributed by atoms with Crippen molar-refractivity contribution in [3.05, 3.63) is 60.2 Å². The van der Waals surface area contributed by atoms with Crippen molar-refractivity contribution >= 4 is 11.7 Å². The number of amides is 2. The van der Waals surface area contributed by atoms with E-state index in [1.807, 2.05) is 54.6 Å². The minimum absolute atomic E-state index is 0.105. The fourth-order valence-corrected chi connectivity index (χ4v) is 2.97. The third-order valence-electron chi connectivity index (χ3n) is 4.42. The summed E-state index contributed by atoms with van der Waals surface area (Å²) in [7, 11) is 0. The number of likely N-dealkylation sites (tertiary alicyclic amines) is 1. The Hall–Kier alpha value is -2.53. The lowest BCUT2D eigenvalue weighted by Crippen LogP contribution is -2.43. The first kappa shape index (κ1) is 17.3. The van der Waals surface area contributed by atoms with Gasteiger partial charge in [0.15, 0.2) is 0 Å². The molecular formula is C20H24N2O3. The Morgan fingerprint density at radius 3 is 2.64 bits per heavy atom. The van der Waals surface area contributed by atoms with Crippen LogP contribution in [0, 0.1) is 5.92 Å². The van der Waals surface area contributed by atoms with Crippen LogP contribution in [0.25, 0.3) is 0 Å². The number of para-hydroxylation sites is 1. The lowest BCUT2D eigenvalue weighted by atomic mass is 9.99. The van der Waals surface area contributed by atoms with E-state index >= 15 is 0 Å². The molecule has 1 aliphatic heterocycles. The van der Waals surface area contributed by atoms with Gasteiger partial charge in [-0.1, -0.05) is 30.3 Å². The number of aliphatic hydroxyl groups is 1. The Kier molecular flexibility index (Phi) is 5.90. The van der Waals surface area contributed by atoms with E-state index in [0.717, 1.165) is 36.4 Å². The molecule has 2 aromatic carbocycles. The second-order valence-electron chi connectivity index (χ2n) is 6.37. The van der Waals surface area contributed by atoms with Crippen molar-refractivity contribution in [1.29, 1.82) is 0 Å². The zero-order chi connectivity index (χ0) is 17.5. The zero-order valence-corrected chi connectivity index (χ0v) is 14.2. The summed E-state index contributed by atoms with van der Waals surface area (Å²) >= 11 is 0. The molecule has 0 spiro atoms. The first-order valence-corrected chi connectivity index (χ1v) is 8.68. The van der Waals surface area contributed by atoms with Gasteiger partial charge in [-0.3, -0.25) is 0 Å². The molecule has 25 heavy (non-hydrogen) atoms. The molecule has 0 bridgehead atoms. The van der Waals surface area contributed by atoms with Gasteiger partial charge in [0.2, 0.25) is 0 Å². The average Bonchev–Trinajstić information content (AvgIpc) is 2.68. The Morgan fingerprint density at radius 2 is 1.92 bits per heavy atom. The van der Waals surface area contributed by atoms with Crippen LogP contribution >= 0.6 is 0 Å². The highest BCUT2D eigenvalue weighted by Crippen LogP contribution is 2.18. The molecular weight excluding hydrogens is 316 g/mol. The lowest BCUT2D eigenvalue weighted by molar-refractivity contribution is 0.136. The van der Waals surface area contributed by atoms with E-state index in [4.69, 9.17) is 4.74 Å².